The maximum Gasteiger partial charge on any atom is 0.191 e. The minimum atomic E-state index is 0.0499. The summed E-state index contributed by atoms with van der Waals surface area (Å²) in [5.74, 6) is 0.412. The van der Waals surface area contributed by atoms with Crippen LogP contribution in [-0.2, 0) is 0 Å². The van der Waals surface area contributed by atoms with E-state index in [9.17, 15) is 5.11 Å². The van der Waals surface area contributed by atoms with Gasteiger partial charge in [0, 0.05) is 5.69 Å². The third kappa shape index (κ3) is 4.44. The molecule has 0 aliphatic carbocycles. The van der Waals surface area contributed by atoms with Gasteiger partial charge < -0.3 is 15.2 Å². The van der Waals surface area contributed by atoms with Gasteiger partial charge in [0.15, 0.2) is 16.6 Å². The summed E-state index contributed by atoms with van der Waals surface area (Å²) in [7, 11) is 1.49. The summed E-state index contributed by atoms with van der Waals surface area (Å²) in [6, 6.07) is 12.9. The Labute approximate surface area is 142 Å². The molecule has 0 amide bonds. The molecule has 0 unspecified atom stereocenters. The molecule has 0 aromatic heterocycles. The predicted molar refractivity (Wildman–Crippen MR) is 95.8 cm³/mol. The van der Waals surface area contributed by atoms with E-state index in [1.165, 1.54) is 7.11 Å². The molecule has 0 spiro atoms. The second-order valence-corrected chi connectivity index (χ2v) is 5.51. The number of ether oxygens (including phenoxy) is 1. The summed E-state index contributed by atoms with van der Waals surface area (Å²) in [4.78, 5) is 0. The summed E-state index contributed by atoms with van der Waals surface area (Å²) >= 11 is 8.39. The highest BCUT2D eigenvalue weighted by Gasteiger charge is 2.07. The average Bonchev–Trinajstić information content (AvgIpc) is 2.51. The van der Waals surface area contributed by atoms with E-state index in [0.29, 0.717) is 15.3 Å². The first-order valence-electron chi connectivity index (χ1n) is 6.31. The number of nitrogens with one attached hydrogen (secondary N) is 2. The van der Waals surface area contributed by atoms with Crippen molar-refractivity contribution in [1.82, 2.24) is 5.43 Å². The number of para-hydroxylation sites is 1. The molecule has 0 bridgehead atoms. The minimum absolute atomic E-state index is 0.0499. The van der Waals surface area contributed by atoms with Gasteiger partial charge in [-0.1, -0.05) is 18.2 Å². The Kier molecular flexibility index (Phi) is 5.74. The van der Waals surface area contributed by atoms with Crippen molar-refractivity contribution < 1.29 is 9.84 Å². The Hall–Kier alpha value is -2.12. The van der Waals surface area contributed by atoms with Crippen LogP contribution in [0.1, 0.15) is 5.56 Å². The quantitative estimate of drug-likeness (QED) is 0.431. The number of hydrogen-bond acceptors (Lipinski definition) is 4. The lowest BCUT2D eigenvalue weighted by Gasteiger charge is -2.07. The molecule has 0 heterocycles. The fourth-order valence-corrected chi connectivity index (χ4v) is 2.30. The van der Waals surface area contributed by atoms with Crippen LogP contribution in [0.3, 0.4) is 0 Å². The number of phenolic OH excluding ortho intramolecular Hbond substituents is 1. The van der Waals surface area contributed by atoms with Gasteiger partial charge in [-0.3, -0.25) is 5.43 Å². The number of aromatic hydroxyl groups is 1. The maximum atomic E-state index is 9.74. The van der Waals surface area contributed by atoms with Gasteiger partial charge in [0.1, 0.15) is 0 Å². The molecule has 0 radical (unpaired) electrons. The lowest BCUT2D eigenvalue weighted by atomic mass is 10.2. The van der Waals surface area contributed by atoms with Crippen LogP contribution in [0, 0.1) is 0 Å². The molecule has 22 heavy (non-hydrogen) atoms. The number of hydrazone groups is 1. The number of benzene rings is 2. The molecule has 0 atom stereocenters. The first-order valence-corrected chi connectivity index (χ1v) is 7.52. The van der Waals surface area contributed by atoms with E-state index in [1.54, 1.807) is 18.3 Å². The van der Waals surface area contributed by atoms with Crippen molar-refractivity contribution in [2.75, 3.05) is 12.4 Å². The van der Waals surface area contributed by atoms with Crippen molar-refractivity contribution in [3.63, 3.8) is 0 Å². The van der Waals surface area contributed by atoms with E-state index in [0.717, 1.165) is 11.3 Å². The number of halogens is 1. The van der Waals surface area contributed by atoms with Gasteiger partial charge in [0.05, 0.1) is 17.8 Å². The smallest absolute Gasteiger partial charge is 0.191 e. The van der Waals surface area contributed by atoms with Crippen molar-refractivity contribution >= 4 is 45.2 Å². The zero-order valence-corrected chi connectivity index (χ0v) is 14.1. The second kappa shape index (κ2) is 7.77. The highest BCUT2D eigenvalue weighted by molar-refractivity contribution is 9.10. The van der Waals surface area contributed by atoms with Crippen LogP contribution in [0.15, 0.2) is 52.0 Å². The van der Waals surface area contributed by atoms with Gasteiger partial charge in [-0.25, -0.2) is 0 Å². The molecule has 3 N–H and O–H groups in total. The third-order valence-corrected chi connectivity index (χ3v) is 3.48. The van der Waals surface area contributed by atoms with Crippen LogP contribution in [0.2, 0.25) is 0 Å². The van der Waals surface area contributed by atoms with Gasteiger partial charge >= 0.3 is 0 Å². The molecule has 2 aromatic carbocycles. The van der Waals surface area contributed by atoms with E-state index >= 15 is 0 Å². The highest BCUT2D eigenvalue weighted by Crippen LogP contribution is 2.34. The summed E-state index contributed by atoms with van der Waals surface area (Å²) in [6.07, 6.45) is 1.58. The van der Waals surface area contributed by atoms with Gasteiger partial charge in [0.2, 0.25) is 0 Å². The van der Waals surface area contributed by atoms with Crippen LogP contribution in [-0.4, -0.2) is 23.5 Å². The average molecular weight is 380 g/mol. The zero-order chi connectivity index (χ0) is 15.9. The number of rotatable bonds is 4. The molecule has 2 rings (SSSR count). The van der Waals surface area contributed by atoms with Gasteiger partial charge in [-0.05, 0) is 58.0 Å². The molecule has 0 aliphatic rings. The SMILES string of the molecule is COc1cc(/C=N\NC(=S)Nc2ccccc2)cc(Br)c1O. The van der Waals surface area contributed by atoms with Crippen LogP contribution in [0.25, 0.3) is 0 Å². The lowest BCUT2D eigenvalue weighted by Crippen LogP contribution is -2.23. The van der Waals surface area contributed by atoms with Gasteiger partial charge in [-0.2, -0.15) is 5.10 Å². The summed E-state index contributed by atoms with van der Waals surface area (Å²) in [5, 5.41) is 17.2. The molecular formula is C15H14BrN3O2S. The Bertz CT molecular complexity index is 693. The van der Waals surface area contributed by atoms with E-state index in [1.807, 2.05) is 30.3 Å². The van der Waals surface area contributed by atoms with E-state index < -0.39 is 0 Å². The van der Waals surface area contributed by atoms with Crippen molar-refractivity contribution in [2.24, 2.45) is 5.10 Å². The Morgan fingerprint density at radius 1 is 1.32 bits per heavy atom. The van der Waals surface area contributed by atoms with Crippen LogP contribution in [0.5, 0.6) is 11.5 Å². The Morgan fingerprint density at radius 2 is 2.05 bits per heavy atom. The van der Waals surface area contributed by atoms with Crippen molar-refractivity contribution in [3.05, 3.63) is 52.5 Å². The standard InChI is InChI=1S/C15H14BrN3O2S/c1-21-13-8-10(7-12(16)14(13)20)9-17-19-15(22)18-11-5-3-2-4-6-11/h2-9,20H,1H3,(H2,18,19,22)/b17-9-. The van der Waals surface area contributed by atoms with Crippen molar-refractivity contribution in [3.8, 4) is 11.5 Å². The minimum Gasteiger partial charge on any atom is -0.503 e. The molecule has 0 fully saturated rings. The fraction of sp³-hybridized carbons (Fsp3) is 0.0667. The summed E-state index contributed by atoms with van der Waals surface area (Å²) in [6.45, 7) is 0. The van der Waals surface area contributed by atoms with Crippen molar-refractivity contribution in [2.45, 2.75) is 0 Å². The molecule has 5 nitrogen and oxygen atoms in total. The monoisotopic (exact) mass is 379 g/mol. The van der Waals surface area contributed by atoms with Gasteiger partial charge in [0.25, 0.3) is 0 Å². The normalized spacial score (nSPS) is 10.5. The predicted octanol–water partition coefficient (Wildman–Crippen LogP) is 3.48. The van der Waals surface area contributed by atoms with Crippen LogP contribution < -0.4 is 15.5 Å². The number of anilines is 1. The largest absolute Gasteiger partial charge is 0.503 e. The fourth-order valence-electron chi connectivity index (χ4n) is 1.67. The number of phenols is 1. The summed E-state index contributed by atoms with van der Waals surface area (Å²) in [5.41, 5.74) is 4.35. The lowest BCUT2D eigenvalue weighted by molar-refractivity contribution is 0.372. The first-order chi connectivity index (χ1) is 10.6. The van der Waals surface area contributed by atoms with Gasteiger partial charge in [-0.15, -0.1) is 0 Å². The summed E-state index contributed by atoms with van der Waals surface area (Å²) < 4.78 is 5.60. The van der Waals surface area contributed by atoms with Crippen LogP contribution in [0.4, 0.5) is 5.69 Å². The Balaban J connectivity index is 1.98. The van der Waals surface area contributed by atoms with E-state index in [4.69, 9.17) is 17.0 Å². The molecule has 7 heteroatoms. The number of nitrogens with zero attached hydrogens (tertiary/aromatic N) is 1. The third-order valence-electron chi connectivity index (χ3n) is 2.68. The second-order valence-electron chi connectivity index (χ2n) is 4.24. The number of thiocarbonyl (C=S) groups is 1. The molecule has 2 aromatic rings. The highest BCUT2D eigenvalue weighted by atomic mass is 79.9. The van der Waals surface area contributed by atoms with E-state index in [-0.39, 0.29) is 5.75 Å². The molecular weight excluding hydrogens is 366 g/mol. The maximum absolute atomic E-state index is 9.74. The zero-order valence-electron chi connectivity index (χ0n) is 11.7. The number of methoxy groups -OCH3 is 1. The number of hydrogen-bond donors (Lipinski definition) is 3. The van der Waals surface area contributed by atoms with Crippen molar-refractivity contribution in [1.29, 1.82) is 0 Å². The topological polar surface area (TPSA) is 65.9 Å². The Morgan fingerprint density at radius 3 is 2.73 bits per heavy atom. The molecule has 0 aliphatic heterocycles. The first kappa shape index (κ1) is 16.3. The molecule has 114 valence electrons. The molecule has 0 saturated heterocycles. The molecule has 0 saturated carbocycles. The van der Waals surface area contributed by atoms with Crippen LogP contribution >= 0.6 is 28.1 Å². The van der Waals surface area contributed by atoms with E-state index in [2.05, 4.69) is 31.8 Å².